The van der Waals surface area contributed by atoms with Gasteiger partial charge < -0.3 is 4.57 Å². The molecule has 3 heterocycles. The molecule has 144 valence electrons. The summed E-state index contributed by atoms with van der Waals surface area (Å²) in [4.78, 5) is 12.5. The molecule has 0 aliphatic carbocycles. The Bertz CT molecular complexity index is 1020. The third kappa shape index (κ3) is 3.25. The Morgan fingerprint density at radius 1 is 0.963 bits per heavy atom. The van der Waals surface area contributed by atoms with Gasteiger partial charge in [-0.25, -0.2) is 8.42 Å². The highest BCUT2D eigenvalue weighted by Crippen LogP contribution is 2.37. The minimum atomic E-state index is -3.53. The number of aromatic nitrogens is 1. The molecule has 0 amide bonds. The third-order valence-electron chi connectivity index (χ3n) is 5.80. The average Bonchev–Trinajstić information content (AvgIpc) is 2.62. The molecule has 2 bridgehead atoms. The van der Waals surface area contributed by atoms with Crippen molar-refractivity contribution in [2.75, 3.05) is 13.1 Å². The number of fused-ring (bicyclic) bond motifs is 4. The molecule has 1 aromatic heterocycles. The van der Waals surface area contributed by atoms with E-state index < -0.39 is 10.0 Å². The molecule has 1 fully saturated rings. The first-order chi connectivity index (χ1) is 12.7. The zero-order chi connectivity index (χ0) is 19.4. The zero-order valence-electron chi connectivity index (χ0n) is 16.1. The molecule has 2 aromatic rings. The van der Waals surface area contributed by atoms with Gasteiger partial charge in [0.05, 0.1) is 4.90 Å². The fourth-order valence-corrected chi connectivity index (χ4v) is 5.89. The Morgan fingerprint density at radius 2 is 1.67 bits per heavy atom. The first-order valence-corrected chi connectivity index (χ1v) is 10.9. The monoisotopic (exact) mass is 386 g/mol. The largest absolute Gasteiger partial charge is 0.312 e. The van der Waals surface area contributed by atoms with Crippen LogP contribution in [0.15, 0.2) is 52.2 Å². The van der Waals surface area contributed by atoms with Crippen molar-refractivity contribution in [2.24, 2.45) is 5.92 Å². The Hall–Kier alpha value is -1.92. The topological polar surface area (TPSA) is 59.4 Å². The maximum Gasteiger partial charge on any atom is 0.250 e. The number of hydrogen-bond donors (Lipinski definition) is 0. The summed E-state index contributed by atoms with van der Waals surface area (Å²) >= 11 is 0. The van der Waals surface area contributed by atoms with E-state index in [4.69, 9.17) is 0 Å². The lowest BCUT2D eigenvalue weighted by molar-refractivity contribution is 0.186. The van der Waals surface area contributed by atoms with Crippen LogP contribution in [0.2, 0.25) is 0 Å². The van der Waals surface area contributed by atoms with E-state index in [1.54, 1.807) is 28.6 Å². The van der Waals surface area contributed by atoms with Gasteiger partial charge >= 0.3 is 0 Å². The highest BCUT2D eigenvalue weighted by molar-refractivity contribution is 7.89. The molecule has 27 heavy (non-hydrogen) atoms. The molecule has 0 spiro atoms. The Morgan fingerprint density at radius 3 is 2.33 bits per heavy atom. The SMILES string of the molecule is CC(C)(C)c1ccc(S(=O)(=O)N2C[C@@H]3C[C@@H](C2)c2cccc(=O)n2C3)cc1. The molecule has 0 saturated carbocycles. The van der Waals surface area contributed by atoms with Crippen molar-refractivity contribution in [1.29, 1.82) is 0 Å². The summed E-state index contributed by atoms with van der Waals surface area (Å²) in [6, 6.07) is 12.6. The van der Waals surface area contributed by atoms with Crippen molar-refractivity contribution < 1.29 is 8.42 Å². The van der Waals surface area contributed by atoms with Crippen LogP contribution in [0, 0.1) is 5.92 Å². The van der Waals surface area contributed by atoms with Gasteiger partial charge in [0.2, 0.25) is 10.0 Å². The van der Waals surface area contributed by atoms with Gasteiger partial charge in [-0.05, 0) is 41.5 Å². The van der Waals surface area contributed by atoms with E-state index >= 15 is 0 Å². The molecule has 4 rings (SSSR count). The summed E-state index contributed by atoms with van der Waals surface area (Å²) < 4.78 is 29.9. The molecule has 5 nitrogen and oxygen atoms in total. The van der Waals surface area contributed by atoms with Crippen molar-refractivity contribution in [2.45, 2.75) is 50.0 Å². The van der Waals surface area contributed by atoms with Crippen molar-refractivity contribution in [3.8, 4) is 0 Å². The van der Waals surface area contributed by atoms with Gasteiger partial charge in [-0.1, -0.05) is 39.0 Å². The second-order valence-corrected chi connectivity index (χ2v) is 10.7. The fraction of sp³-hybridized carbons (Fsp3) is 0.476. The smallest absolute Gasteiger partial charge is 0.250 e. The standard InChI is InChI=1S/C21H26N2O3S/c1-21(2,3)17-7-9-18(10-8-17)27(25,26)22-12-15-11-16(14-22)19-5-4-6-20(24)23(19)13-15/h4-10,15-16H,11-14H2,1-3H3/t15-,16-/m0/s1. The second kappa shape index (κ2) is 6.31. The van der Waals surface area contributed by atoms with Crippen LogP contribution in [0.1, 0.15) is 44.4 Å². The van der Waals surface area contributed by atoms with Gasteiger partial charge in [0.25, 0.3) is 5.56 Å². The van der Waals surface area contributed by atoms with Crippen LogP contribution in [-0.2, 0) is 22.0 Å². The number of pyridine rings is 1. The molecular weight excluding hydrogens is 360 g/mol. The summed E-state index contributed by atoms with van der Waals surface area (Å²) in [5.41, 5.74) is 2.07. The van der Waals surface area contributed by atoms with Crippen molar-refractivity contribution >= 4 is 10.0 Å². The predicted octanol–water partition coefficient (Wildman–Crippen LogP) is 2.95. The Balaban J connectivity index is 1.64. The molecule has 2 aliphatic rings. The molecule has 0 unspecified atom stereocenters. The molecule has 2 atom stereocenters. The van der Waals surface area contributed by atoms with Gasteiger partial charge in [-0.3, -0.25) is 4.79 Å². The van der Waals surface area contributed by atoms with E-state index in [2.05, 4.69) is 20.8 Å². The quantitative estimate of drug-likeness (QED) is 0.797. The Labute approximate surface area is 160 Å². The maximum atomic E-state index is 13.2. The summed E-state index contributed by atoms with van der Waals surface area (Å²) in [7, 11) is -3.53. The van der Waals surface area contributed by atoms with Crippen molar-refractivity contribution in [3.63, 3.8) is 0 Å². The highest BCUT2D eigenvalue weighted by Gasteiger charge is 2.39. The van der Waals surface area contributed by atoms with Crippen LogP contribution in [-0.4, -0.2) is 30.4 Å². The maximum absolute atomic E-state index is 13.2. The van der Waals surface area contributed by atoms with Crippen LogP contribution in [0.25, 0.3) is 0 Å². The van der Waals surface area contributed by atoms with Crippen LogP contribution in [0.5, 0.6) is 0 Å². The lowest BCUT2D eigenvalue weighted by atomic mass is 9.84. The zero-order valence-corrected chi connectivity index (χ0v) is 16.9. The normalized spacial score (nSPS) is 23.1. The average molecular weight is 387 g/mol. The third-order valence-corrected chi connectivity index (χ3v) is 7.65. The first kappa shape index (κ1) is 18.4. The number of rotatable bonds is 2. The van der Waals surface area contributed by atoms with E-state index in [1.807, 2.05) is 22.8 Å². The lowest BCUT2D eigenvalue weighted by Gasteiger charge is -2.42. The van der Waals surface area contributed by atoms with Crippen LogP contribution in [0.3, 0.4) is 0 Å². The number of sulfonamides is 1. The van der Waals surface area contributed by atoms with E-state index in [-0.39, 0.29) is 22.8 Å². The number of hydrogen-bond acceptors (Lipinski definition) is 3. The van der Waals surface area contributed by atoms with Gasteiger partial charge in [0, 0.05) is 37.3 Å². The minimum Gasteiger partial charge on any atom is -0.312 e. The van der Waals surface area contributed by atoms with E-state index in [9.17, 15) is 13.2 Å². The van der Waals surface area contributed by atoms with Gasteiger partial charge in [-0.15, -0.1) is 0 Å². The van der Waals surface area contributed by atoms with Crippen LogP contribution in [0.4, 0.5) is 0 Å². The van der Waals surface area contributed by atoms with E-state index in [0.29, 0.717) is 24.5 Å². The van der Waals surface area contributed by atoms with Gasteiger partial charge in [0.1, 0.15) is 0 Å². The van der Waals surface area contributed by atoms with E-state index in [0.717, 1.165) is 17.7 Å². The van der Waals surface area contributed by atoms with E-state index in [1.165, 1.54) is 0 Å². The number of benzene rings is 1. The summed E-state index contributed by atoms with van der Waals surface area (Å²) in [5.74, 6) is 0.259. The second-order valence-electron chi connectivity index (χ2n) is 8.79. The number of nitrogens with zero attached hydrogens (tertiary/aromatic N) is 2. The molecule has 0 radical (unpaired) electrons. The molecule has 1 saturated heterocycles. The van der Waals surface area contributed by atoms with Crippen molar-refractivity contribution in [1.82, 2.24) is 8.87 Å². The van der Waals surface area contributed by atoms with Crippen molar-refractivity contribution in [3.05, 3.63) is 64.1 Å². The molecule has 2 aliphatic heterocycles. The van der Waals surface area contributed by atoms with Crippen LogP contribution < -0.4 is 5.56 Å². The lowest BCUT2D eigenvalue weighted by Crippen LogP contribution is -2.49. The highest BCUT2D eigenvalue weighted by atomic mass is 32.2. The first-order valence-electron chi connectivity index (χ1n) is 9.47. The minimum absolute atomic E-state index is 0.0104. The molecule has 0 N–H and O–H groups in total. The molecule has 6 heteroatoms. The number of piperidine rings is 1. The molecule has 1 aromatic carbocycles. The van der Waals surface area contributed by atoms with Gasteiger partial charge in [0.15, 0.2) is 0 Å². The Kier molecular flexibility index (Phi) is 4.31. The van der Waals surface area contributed by atoms with Gasteiger partial charge in [-0.2, -0.15) is 4.31 Å². The van der Waals surface area contributed by atoms with Crippen LogP contribution >= 0.6 is 0 Å². The molecular formula is C21H26N2O3S. The fourth-order valence-electron chi connectivity index (χ4n) is 4.32. The summed E-state index contributed by atoms with van der Waals surface area (Å²) in [5, 5.41) is 0. The predicted molar refractivity (Wildman–Crippen MR) is 105 cm³/mol. The summed E-state index contributed by atoms with van der Waals surface area (Å²) in [6.07, 6.45) is 0.943. The summed E-state index contributed by atoms with van der Waals surface area (Å²) in [6.45, 7) is 7.84.